The Hall–Kier alpha value is -3.19. The third-order valence-electron chi connectivity index (χ3n) is 4.13. The molecule has 0 aliphatic carbocycles. The minimum Gasteiger partial charge on any atom is -0.461 e. The van der Waals surface area contributed by atoms with E-state index in [4.69, 9.17) is 4.42 Å². The van der Waals surface area contributed by atoms with Gasteiger partial charge in [-0.15, -0.1) is 0 Å². The number of benzene rings is 2. The number of anilines is 2. The van der Waals surface area contributed by atoms with Gasteiger partial charge in [-0.05, 0) is 50.2 Å². The van der Waals surface area contributed by atoms with Crippen molar-refractivity contribution in [1.82, 2.24) is 0 Å². The summed E-state index contributed by atoms with van der Waals surface area (Å²) in [6.45, 7) is 3.79. The largest absolute Gasteiger partial charge is 0.461 e. The van der Waals surface area contributed by atoms with E-state index in [1.165, 1.54) is 0 Å². The summed E-state index contributed by atoms with van der Waals surface area (Å²) in [4.78, 5) is 24.4. The number of carbonyl (C=O) groups is 2. The van der Waals surface area contributed by atoms with Crippen LogP contribution in [0.15, 0.2) is 65.1 Å². The number of para-hydroxylation sites is 1. The highest BCUT2D eigenvalue weighted by atomic mass is 32.2. The molecule has 1 atom stereocenters. The Bertz CT molecular complexity index is 1040. The number of carbonyl (C=O) groups excluding carboxylic acids is 2. The van der Waals surface area contributed by atoms with Gasteiger partial charge in [0, 0.05) is 22.1 Å². The molecule has 0 aliphatic heterocycles. The van der Waals surface area contributed by atoms with Crippen LogP contribution in [-0.4, -0.2) is 27.5 Å². The number of furan rings is 1. The van der Waals surface area contributed by atoms with Gasteiger partial charge in [-0.3, -0.25) is 13.8 Å². The summed E-state index contributed by atoms with van der Waals surface area (Å²) in [7, 11) is -1.63. The molecule has 1 aromatic heterocycles. The third-order valence-corrected chi connectivity index (χ3v) is 5.29. The Morgan fingerprint density at radius 2 is 1.52 bits per heavy atom. The minimum absolute atomic E-state index is 0.250. The van der Waals surface area contributed by atoms with Gasteiger partial charge < -0.3 is 15.1 Å². The summed E-state index contributed by atoms with van der Waals surface area (Å²) >= 11 is 0. The number of nitrogens with one attached hydrogen (secondary N) is 2. The summed E-state index contributed by atoms with van der Waals surface area (Å²) in [5, 5.41) is 5.43. The van der Waals surface area contributed by atoms with Crippen molar-refractivity contribution in [2.24, 2.45) is 0 Å². The minimum atomic E-state index is -1.63. The maximum Gasteiger partial charge on any atom is 0.237 e. The zero-order valence-corrected chi connectivity index (χ0v) is 17.0. The molecular weight excluding hydrogens is 388 g/mol. The molecule has 2 N–H and O–H groups in total. The van der Waals surface area contributed by atoms with Crippen LogP contribution < -0.4 is 10.6 Å². The predicted octanol–water partition coefficient (Wildman–Crippen LogP) is 3.89. The second-order valence-corrected chi connectivity index (χ2v) is 8.10. The van der Waals surface area contributed by atoms with E-state index in [1.54, 1.807) is 24.3 Å². The zero-order valence-electron chi connectivity index (χ0n) is 16.2. The van der Waals surface area contributed by atoms with Crippen molar-refractivity contribution in [3.05, 3.63) is 72.0 Å². The zero-order chi connectivity index (χ0) is 20.8. The van der Waals surface area contributed by atoms with Crippen LogP contribution in [0.4, 0.5) is 11.4 Å². The molecule has 0 fully saturated rings. The van der Waals surface area contributed by atoms with Crippen molar-refractivity contribution in [3.8, 4) is 11.3 Å². The van der Waals surface area contributed by atoms with Crippen molar-refractivity contribution in [3.63, 3.8) is 0 Å². The average molecular weight is 410 g/mol. The van der Waals surface area contributed by atoms with Crippen LogP contribution in [-0.2, 0) is 20.4 Å². The predicted molar refractivity (Wildman–Crippen MR) is 115 cm³/mol. The molecule has 0 radical (unpaired) electrons. The van der Waals surface area contributed by atoms with Gasteiger partial charge in [-0.1, -0.05) is 29.8 Å². The molecule has 0 spiro atoms. The van der Waals surface area contributed by atoms with Crippen LogP contribution in [0.2, 0.25) is 0 Å². The van der Waals surface area contributed by atoms with Crippen LogP contribution in [0.1, 0.15) is 11.3 Å². The molecule has 2 aromatic carbocycles. The standard InChI is InChI=1S/C22H22N2O4S/c1-15-7-10-17(11-8-15)23-21(25)13-29(27)14-22(26)24-19-6-4-3-5-18(19)20-12-9-16(2)28-20/h3-12H,13-14H2,1-2H3,(H,23,25)(H,24,26)/t29-/m1/s1. The molecule has 3 rings (SSSR count). The van der Waals surface area contributed by atoms with Gasteiger partial charge in [-0.25, -0.2) is 0 Å². The first kappa shape index (κ1) is 20.5. The van der Waals surface area contributed by atoms with E-state index in [9.17, 15) is 13.8 Å². The lowest BCUT2D eigenvalue weighted by atomic mass is 10.1. The Labute approximate surface area is 171 Å². The number of aryl methyl sites for hydroxylation is 2. The first-order chi connectivity index (χ1) is 13.9. The molecule has 150 valence electrons. The Morgan fingerprint density at radius 3 is 2.17 bits per heavy atom. The van der Waals surface area contributed by atoms with Crippen molar-refractivity contribution >= 4 is 34.0 Å². The molecule has 3 aromatic rings. The van der Waals surface area contributed by atoms with E-state index in [-0.39, 0.29) is 11.5 Å². The van der Waals surface area contributed by atoms with Crippen LogP contribution in [0.25, 0.3) is 11.3 Å². The van der Waals surface area contributed by atoms with Gasteiger partial charge in [0.2, 0.25) is 11.8 Å². The topological polar surface area (TPSA) is 88.4 Å². The van der Waals surface area contributed by atoms with E-state index < -0.39 is 22.6 Å². The summed E-state index contributed by atoms with van der Waals surface area (Å²) < 4.78 is 17.9. The lowest BCUT2D eigenvalue weighted by Gasteiger charge is -2.10. The van der Waals surface area contributed by atoms with Crippen molar-refractivity contribution in [1.29, 1.82) is 0 Å². The highest BCUT2D eigenvalue weighted by Crippen LogP contribution is 2.29. The molecule has 0 saturated carbocycles. The molecule has 0 aliphatic rings. The maximum atomic E-state index is 12.3. The van der Waals surface area contributed by atoms with Crippen LogP contribution in [0.3, 0.4) is 0 Å². The quantitative estimate of drug-likeness (QED) is 0.618. The fourth-order valence-corrected chi connectivity index (χ4v) is 3.58. The SMILES string of the molecule is Cc1ccc(NC(=O)C[S@@](=O)CC(=O)Nc2ccccc2-c2ccc(C)o2)cc1. The average Bonchev–Trinajstić information content (AvgIpc) is 3.10. The van der Waals surface area contributed by atoms with Crippen LogP contribution in [0, 0.1) is 13.8 Å². The van der Waals surface area contributed by atoms with Gasteiger partial charge in [-0.2, -0.15) is 0 Å². The molecule has 0 saturated heterocycles. The van der Waals surface area contributed by atoms with Crippen LogP contribution >= 0.6 is 0 Å². The lowest BCUT2D eigenvalue weighted by Crippen LogP contribution is -2.26. The number of hydrogen-bond donors (Lipinski definition) is 2. The van der Waals surface area contributed by atoms with Crippen molar-refractivity contribution in [2.45, 2.75) is 13.8 Å². The number of rotatable bonds is 7. The van der Waals surface area contributed by atoms with Gasteiger partial charge in [0.1, 0.15) is 23.0 Å². The summed E-state index contributed by atoms with van der Waals surface area (Å²) in [5.74, 6) is 0.0557. The van der Waals surface area contributed by atoms with Crippen LogP contribution in [0.5, 0.6) is 0 Å². The Balaban J connectivity index is 1.56. The highest BCUT2D eigenvalue weighted by molar-refractivity contribution is 7.86. The Kier molecular flexibility index (Phi) is 6.61. The third kappa shape index (κ3) is 5.89. The van der Waals surface area contributed by atoms with E-state index in [2.05, 4.69) is 10.6 Å². The van der Waals surface area contributed by atoms with Crippen molar-refractivity contribution < 1.29 is 18.2 Å². The van der Waals surface area contributed by atoms with Gasteiger partial charge in [0.25, 0.3) is 0 Å². The molecular formula is C22H22N2O4S. The molecule has 0 unspecified atom stereocenters. The van der Waals surface area contributed by atoms with E-state index in [0.717, 1.165) is 16.9 Å². The molecule has 1 heterocycles. The molecule has 7 heteroatoms. The fourth-order valence-electron chi connectivity index (χ4n) is 2.75. The Morgan fingerprint density at radius 1 is 0.862 bits per heavy atom. The van der Waals surface area contributed by atoms with Crippen molar-refractivity contribution in [2.75, 3.05) is 22.1 Å². The number of hydrogen-bond acceptors (Lipinski definition) is 4. The first-order valence-corrected chi connectivity index (χ1v) is 10.6. The number of amides is 2. The molecule has 0 bridgehead atoms. The lowest BCUT2D eigenvalue weighted by molar-refractivity contribution is -0.114. The fraction of sp³-hybridized carbons (Fsp3) is 0.182. The van der Waals surface area contributed by atoms with E-state index >= 15 is 0 Å². The highest BCUT2D eigenvalue weighted by Gasteiger charge is 2.15. The van der Waals surface area contributed by atoms with Gasteiger partial charge >= 0.3 is 0 Å². The monoisotopic (exact) mass is 410 g/mol. The smallest absolute Gasteiger partial charge is 0.237 e. The van der Waals surface area contributed by atoms with Gasteiger partial charge in [0.15, 0.2) is 0 Å². The second-order valence-electron chi connectivity index (χ2n) is 6.65. The molecule has 6 nitrogen and oxygen atoms in total. The first-order valence-electron chi connectivity index (χ1n) is 9.08. The molecule has 29 heavy (non-hydrogen) atoms. The normalized spacial score (nSPS) is 11.7. The maximum absolute atomic E-state index is 12.3. The summed E-state index contributed by atoms with van der Waals surface area (Å²) in [5.41, 5.74) is 3.00. The second kappa shape index (κ2) is 9.34. The van der Waals surface area contributed by atoms with E-state index in [1.807, 2.05) is 50.2 Å². The molecule has 2 amide bonds. The van der Waals surface area contributed by atoms with Gasteiger partial charge in [0.05, 0.1) is 5.69 Å². The summed E-state index contributed by atoms with van der Waals surface area (Å²) in [6.07, 6.45) is 0. The van der Waals surface area contributed by atoms with E-state index in [0.29, 0.717) is 17.1 Å². The summed E-state index contributed by atoms with van der Waals surface area (Å²) in [6, 6.07) is 18.2.